The molecule has 1 aromatic rings. The maximum Gasteiger partial charge on any atom is 0.146 e. The van der Waals surface area contributed by atoms with Crippen molar-refractivity contribution in [1.29, 1.82) is 0 Å². The molecule has 0 radical (unpaired) electrons. The number of hydrogen-bond acceptors (Lipinski definition) is 1. The molecule has 274 valence electrons. The van der Waals surface area contributed by atoms with E-state index in [0.717, 1.165) is 29.7 Å². The summed E-state index contributed by atoms with van der Waals surface area (Å²) in [5.41, 5.74) is 22.4. The van der Waals surface area contributed by atoms with Gasteiger partial charge in [-0.2, -0.15) is 0 Å². The average molecular weight is 724 g/mol. The van der Waals surface area contributed by atoms with Crippen LogP contribution in [0.5, 0.6) is 0 Å². The molecule has 1 heterocycles. The molecule has 0 amide bonds. The maximum absolute atomic E-state index is 4.05. The van der Waals surface area contributed by atoms with E-state index in [4.69, 9.17) is 0 Å². The fourth-order valence-electron chi connectivity index (χ4n) is 9.90. The van der Waals surface area contributed by atoms with Crippen LogP contribution in [0.1, 0.15) is 136 Å². The number of nitrogens with zero attached hydrogens (tertiary/aromatic N) is 1. The molecule has 0 aromatic heterocycles. The molecule has 0 bridgehead atoms. The van der Waals surface area contributed by atoms with E-state index in [1.807, 2.05) is 0 Å². The highest BCUT2D eigenvalue weighted by molar-refractivity contribution is 6.91. The van der Waals surface area contributed by atoms with Gasteiger partial charge in [0.05, 0.1) is 11.1 Å². The molecule has 2 rings (SSSR count). The molecule has 1 aliphatic heterocycles. The fraction of sp³-hybridized carbons (Fsp3) is 0.652. The van der Waals surface area contributed by atoms with E-state index in [9.17, 15) is 0 Å². The Labute approximate surface area is 314 Å². The van der Waals surface area contributed by atoms with Gasteiger partial charge in [-0.3, -0.25) is 0 Å². The van der Waals surface area contributed by atoms with Crippen LogP contribution >= 0.6 is 0 Å². The van der Waals surface area contributed by atoms with Crippen molar-refractivity contribution in [3.05, 3.63) is 40.5 Å². The number of likely N-dealkylation sites (N-methyl/N-ethyl adjacent to an activating group) is 1. The largest absolute Gasteiger partial charge is 0.374 e. The summed E-state index contributed by atoms with van der Waals surface area (Å²) in [6, 6.07) is 6.69. The lowest BCUT2D eigenvalue weighted by atomic mass is 10.1. The van der Waals surface area contributed by atoms with Crippen LogP contribution in [0.2, 0.25) is 49.9 Å². The molecule has 1 aromatic carbocycles. The van der Waals surface area contributed by atoms with E-state index >= 15 is 0 Å². The lowest BCUT2D eigenvalue weighted by Gasteiger charge is -2.38. The molecule has 0 atom stereocenters. The van der Waals surface area contributed by atoms with E-state index in [1.54, 1.807) is 0 Å². The summed E-state index contributed by atoms with van der Waals surface area (Å²) in [6.45, 7) is 44.1. The van der Waals surface area contributed by atoms with Crippen molar-refractivity contribution in [2.75, 3.05) is 18.5 Å². The molecule has 1 nitrogen and oxygen atoms in total. The van der Waals surface area contributed by atoms with E-state index in [1.165, 1.54) is 11.3 Å². The van der Waals surface area contributed by atoms with Gasteiger partial charge in [0.15, 0.2) is 0 Å². The molecule has 0 unspecified atom stereocenters. The third-order valence-electron chi connectivity index (χ3n) is 12.6. The molecular weight excluding hydrogens is 651 g/mol. The monoisotopic (exact) mass is 724 g/mol. The van der Waals surface area contributed by atoms with Crippen molar-refractivity contribution in [2.24, 2.45) is 0 Å². The molecule has 50 heavy (non-hydrogen) atoms. The smallest absolute Gasteiger partial charge is 0.146 e. The molecule has 0 saturated heterocycles. The quantitative estimate of drug-likeness (QED) is 0.181. The number of fused-ring (bicyclic) bond motifs is 1. The minimum Gasteiger partial charge on any atom is -0.374 e. The van der Waals surface area contributed by atoms with Crippen molar-refractivity contribution in [2.45, 2.75) is 181 Å². The number of benzene rings is 1. The van der Waals surface area contributed by atoms with Gasteiger partial charge in [0, 0.05) is 24.8 Å². The summed E-state index contributed by atoms with van der Waals surface area (Å²) in [6.07, 6.45) is 1.07. The van der Waals surface area contributed by atoms with Crippen molar-refractivity contribution >= 4 is 29.9 Å². The van der Waals surface area contributed by atoms with E-state index in [2.05, 4.69) is 201 Å². The third kappa shape index (κ3) is 8.98. The Morgan fingerprint density at radius 1 is 0.500 bits per heavy atom. The second kappa shape index (κ2) is 17.9. The van der Waals surface area contributed by atoms with E-state index in [-0.39, 0.29) is 0 Å². The van der Waals surface area contributed by atoms with Crippen LogP contribution in [0, 0.1) is 46.2 Å². The Morgan fingerprint density at radius 3 is 1.14 bits per heavy atom. The highest BCUT2D eigenvalue weighted by Crippen LogP contribution is 2.43. The number of anilines is 1. The van der Waals surface area contributed by atoms with Gasteiger partial charge in [0.1, 0.15) is 24.2 Å². The summed E-state index contributed by atoms with van der Waals surface area (Å²) >= 11 is 0. The molecule has 0 aliphatic carbocycles. The Hall–Kier alpha value is -2.35. The van der Waals surface area contributed by atoms with Gasteiger partial charge in [-0.05, 0) is 80.1 Å². The van der Waals surface area contributed by atoms with Gasteiger partial charge in [0.25, 0.3) is 0 Å². The van der Waals surface area contributed by atoms with Crippen LogP contribution in [0.25, 0.3) is 0 Å². The molecule has 0 spiro atoms. The normalized spacial score (nSPS) is 13.5. The minimum atomic E-state index is -2.04. The zero-order valence-electron chi connectivity index (χ0n) is 35.8. The summed E-state index contributed by atoms with van der Waals surface area (Å²) in [5.74, 6) is 18.8. The number of allylic oxidation sites excluding steroid dienone is 2. The first kappa shape index (κ1) is 43.8. The van der Waals surface area contributed by atoms with Crippen LogP contribution in [0.3, 0.4) is 0 Å². The van der Waals surface area contributed by atoms with Crippen molar-refractivity contribution < 1.29 is 0 Å². The van der Waals surface area contributed by atoms with Gasteiger partial charge < -0.3 is 4.90 Å². The van der Waals surface area contributed by atoms with Crippen molar-refractivity contribution in [3.8, 4) is 46.2 Å². The third-order valence-corrected chi connectivity index (χ3v) is 31.5. The molecule has 0 N–H and O–H groups in total. The fourth-order valence-corrected chi connectivity index (χ4v) is 25.5. The zero-order chi connectivity index (χ0) is 38.4. The Bertz CT molecular complexity index is 1490. The van der Waals surface area contributed by atoms with Crippen LogP contribution in [-0.4, -0.2) is 37.8 Å². The summed E-state index contributed by atoms with van der Waals surface area (Å²) < 4.78 is 0. The molecule has 4 heteroatoms. The van der Waals surface area contributed by atoms with Crippen LogP contribution in [-0.2, 0) is 6.42 Å². The Kier molecular flexibility index (Phi) is 15.7. The van der Waals surface area contributed by atoms with Gasteiger partial charge in [0.2, 0.25) is 0 Å². The predicted molar refractivity (Wildman–Crippen MR) is 234 cm³/mol. The predicted octanol–water partition coefficient (Wildman–Crippen LogP) is 13.0. The number of hydrogen-bond donors (Lipinski definition) is 0. The second-order valence-corrected chi connectivity index (χ2v) is 34.7. The van der Waals surface area contributed by atoms with Crippen LogP contribution < -0.4 is 4.90 Å². The average Bonchev–Trinajstić information content (AvgIpc) is 3.36. The topological polar surface area (TPSA) is 3.24 Å². The van der Waals surface area contributed by atoms with Gasteiger partial charge in [-0.25, -0.2) is 0 Å². The molecule has 0 fully saturated rings. The lowest BCUT2D eigenvalue weighted by Crippen LogP contribution is -2.43. The highest BCUT2D eigenvalue weighted by atomic mass is 28.3. The van der Waals surface area contributed by atoms with Gasteiger partial charge in [-0.1, -0.05) is 154 Å². The maximum atomic E-state index is 4.05. The van der Waals surface area contributed by atoms with Gasteiger partial charge >= 0.3 is 0 Å². The number of rotatable bonds is 9. The molecule has 1 aliphatic rings. The first-order valence-corrected chi connectivity index (χ1v) is 26.5. The summed E-state index contributed by atoms with van der Waals surface area (Å²) in [4.78, 5) is 2.34. The van der Waals surface area contributed by atoms with Gasteiger partial charge in [-0.15, -0.1) is 16.6 Å². The lowest BCUT2D eigenvalue weighted by molar-refractivity contribution is 0.838. The summed E-state index contributed by atoms with van der Waals surface area (Å²) in [5, 5.41) is 0. The summed E-state index contributed by atoms with van der Waals surface area (Å²) in [7, 11) is -3.94. The van der Waals surface area contributed by atoms with Crippen LogP contribution in [0.15, 0.2) is 29.3 Å². The van der Waals surface area contributed by atoms with Crippen molar-refractivity contribution in [1.82, 2.24) is 0 Å². The highest BCUT2D eigenvalue weighted by Gasteiger charge is 2.44. The Balaban J connectivity index is 3.24. The first-order chi connectivity index (χ1) is 23.1. The second-order valence-electron chi connectivity index (χ2n) is 18.0. The zero-order valence-corrected chi connectivity index (χ0v) is 38.8. The van der Waals surface area contributed by atoms with E-state index in [0.29, 0.717) is 49.9 Å². The molecule has 0 saturated carbocycles. The van der Waals surface area contributed by atoms with Crippen molar-refractivity contribution in [3.63, 3.8) is 0 Å². The van der Waals surface area contributed by atoms with Crippen LogP contribution in [0.4, 0.5) is 5.69 Å². The standard InChI is InChI=1S/C46H73NSi3/c1-33(2)48(34(3)4,35(5)6)29-25-43(22-20-42-21-23-46-45(32-42)24-28-47(46)19)44(26-30-49(36(7)8,37(9)10)38(11)12)27-31-50(39(13)14,40(15)16)41(17)18/h21,23,32-41H,24,28H2,1-19H3. The van der Waals surface area contributed by atoms with E-state index < -0.39 is 24.2 Å². The molecular formula is C46H73NSi3. The SMILES string of the molecule is CC(C)[Si](C#CC(C#Cc1ccc2c(c1)CCN2C)=C(C#C[Si](C(C)C)(C(C)C)C(C)C)C#C[Si](C(C)C)(C(C)C)C(C)C)(C(C)C)C(C)C. The Morgan fingerprint density at radius 2 is 0.820 bits per heavy atom. The minimum absolute atomic E-state index is 0.532. The first-order valence-electron chi connectivity index (χ1n) is 19.8.